The largest absolute Gasteiger partial charge is 0.486 e. The predicted octanol–water partition coefficient (Wildman–Crippen LogP) is 4.13. The SMILES string of the molecule is Cc1ccc(NC(=O)c2cccc(NS(=O)(=O)c3ccc4c(c3)OCCO4)c2)cc1C. The number of ether oxygens (including phenoxy) is 2. The summed E-state index contributed by atoms with van der Waals surface area (Å²) in [5.74, 6) is 0.564. The molecule has 1 aliphatic heterocycles. The number of rotatable bonds is 5. The Bertz CT molecular complexity index is 1250. The Morgan fingerprint density at radius 3 is 2.39 bits per heavy atom. The van der Waals surface area contributed by atoms with Crippen molar-refractivity contribution >= 4 is 27.3 Å². The van der Waals surface area contributed by atoms with Crippen molar-refractivity contribution in [2.24, 2.45) is 0 Å². The van der Waals surface area contributed by atoms with Crippen molar-refractivity contribution in [1.29, 1.82) is 0 Å². The zero-order valence-corrected chi connectivity index (χ0v) is 18.0. The summed E-state index contributed by atoms with van der Waals surface area (Å²) in [4.78, 5) is 12.7. The highest BCUT2D eigenvalue weighted by Crippen LogP contribution is 2.32. The van der Waals surface area contributed by atoms with E-state index in [0.29, 0.717) is 36.0 Å². The number of hydrogen-bond donors (Lipinski definition) is 2. The Morgan fingerprint density at radius 2 is 1.61 bits per heavy atom. The molecule has 0 aliphatic carbocycles. The molecule has 0 spiro atoms. The number of nitrogens with one attached hydrogen (secondary N) is 2. The van der Waals surface area contributed by atoms with Crippen molar-refractivity contribution in [2.45, 2.75) is 18.7 Å². The molecule has 0 aromatic heterocycles. The Hall–Kier alpha value is -3.52. The summed E-state index contributed by atoms with van der Waals surface area (Å²) in [6.07, 6.45) is 0. The molecule has 2 N–H and O–H groups in total. The van der Waals surface area contributed by atoms with Crippen LogP contribution in [-0.4, -0.2) is 27.5 Å². The van der Waals surface area contributed by atoms with Crippen molar-refractivity contribution in [2.75, 3.05) is 23.3 Å². The first-order chi connectivity index (χ1) is 14.8. The normalized spacial score (nSPS) is 12.8. The average molecular weight is 439 g/mol. The van der Waals surface area contributed by atoms with Crippen LogP contribution >= 0.6 is 0 Å². The maximum absolute atomic E-state index is 12.8. The molecule has 0 unspecified atom stereocenters. The van der Waals surface area contributed by atoms with E-state index < -0.39 is 10.0 Å². The molecule has 0 saturated carbocycles. The number of carbonyl (C=O) groups excluding carboxylic acids is 1. The summed E-state index contributed by atoms with van der Waals surface area (Å²) in [6, 6.07) is 16.4. The van der Waals surface area contributed by atoms with Gasteiger partial charge in [-0.25, -0.2) is 8.42 Å². The van der Waals surface area contributed by atoms with E-state index in [1.165, 1.54) is 18.2 Å². The van der Waals surface area contributed by atoms with Crippen LogP contribution in [0.3, 0.4) is 0 Å². The van der Waals surface area contributed by atoms with Gasteiger partial charge in [-0.1, -0.05) is 12.1 Å². The van der Waals surface area contributed by atoms with Gasteiger partial charge in [-0.3, -0.25) is 9.52 Å². The maximum atomic E-state index is 12.8. The zero-order chi connectivity index (χ0) is 22.0. The van der Waals surface area contributed by atoms with Crippen LogP contribution in [0.2, 0.25) is 0 Å². The summed E-state index contributed by atoms with van der Waals surface area (Å²) in [7, 11) is -3.88. The van der Waals surface area contributed by atoms with Crippen LogP contribution < -0.4 is 19.5 Å². The van der Waals surface area contributed by atoms with Gasteiger partial charge in [0.2, 0.25) is 0 Å². The number of fused-ring (bicyclic) bond motifs is 1. The Morgan fingerprint density at radius 1 is 0.839 bits per heavy atom. The molecule has 0 radical (unpaired) electrons. The third kappa shape index (κ3) is 4.64. The van der Waals surface area contributed by atoms with E-state index in [9.17, 15) is 13.2 Å². The van der Waals surface area contributed by atoms with Crippen molar-refractivity contribution in [3.63, 3.8) is 0 Å². The van der Waals surface area contributed by atoms with Crippen molar-refractivity contribution in [1.82, 2.24) is 0 Å². The van der Waals surface area contributed by atoms with Gasteiger partial charge in [0.1, 0.15) is 13.2 Å². The maximum Gasteiger partial charge on any atom is 0.262 e. The first-order valence-corrected chi connectivity index (χ1v) is 11.2. The summed E-state index contributed by atoms with van der Waals surface area (Å²) in [5, 5.41) is 2.84. The smallest absolute Gasteiger partial charge is 0.262 e. The molecule has 3 aromatic rings. The molecule has 8 heteroatoms. The molecular weight excluding hydrogens is 416 g/mol. The predicted molar refractivity (Wildman–Crippen MR) is 119 cm³/mol. The second-order valence-corrected chi connectivity index (χ2v) is 8.93. The molecule has 1 amide bonds. The lowest BCUT2D eigenvalue weighted by Gasteiger charge is -2.19. The standard InChI is InChI=1S/C23H22N2O5S/c1-15-6-7-18(12-16(15)2)24-23(26)17-4-3-5-19(13-17)25-31(27,28)20-8-9-21-22(14-20)30-11-10-29-21/h3-9,12-14,25H,10-11H2,1-2H3,(H,24,26). The monoisotopic (exact) mass is 438 g/mol. The van der Waals surface area contributed by atoms with Gasteiger partial charge in [0, 0.05) is 23.0 Å². The fourth-order valence-corrected chi connectivity index (χ4v) is 4.22. The third-order valence-corrected chi connectivity index (χ3v) is 6.34. The molecule has 0 fully saturated rings. The van der Waals surface area contributed by atoms with Crippen molar-refractivity contribution in [3.05, 3.63) is 77.4 Å². The van der Waals surface area contributed by atoms with Gasteiger partial charge < -0.3 is 14.8 Å². The van der Waals surface area contributed by atoms with Crippen LogP contribution in [0.1, 0.15) is 21.5 Å². The van der Waals surface area contributed by atoms with E-state index in [2.05, 4.69) is 10.0 Å². The fraction of sp³-hybridized carbons (Fsp3) is 0.174. The number of aryl methyl sites for hydroxylation is 2. The Labute approximate surface area is 181 Å². The Kier molecular flexibility index (Phi) is 5.56. The number of carbonyl (C=O) groups is 1. The average Bonchev–Trinajstić information content (AvgIpc) is 2.76. The molecule has 4 rings (SSSR count). The molecule has 160 valence electrons. The quantitative estimate of drug-likeness (QED) is 0.625. The molecule has 1 heterocycles. The van der Waals surface area contributed by atoms with Gasteiger partial charge in [-0.05, 0) is 67.4 Å². The number of amides is 1. The molecule has 31 heavy (non-hydrogen) atoms. The number of anilines is 2. The molecule has 0 atom stereocenters. The molecule has 0 bridgehead atoms. The van der Waals surface area contributed by atoms with Crippen LogP contribution in [0, 0.1) is 13.8 Å². The Balaban J connectivity index is 1.52. The summed E-state index contributed by atoms with van der Waals surface area (Å²) < 4.78 is 39.0. The van der Waals surface area contributed by atoms with Crippen LogP contribution in [0.25, 0.3) is 0 Å². The topological polar surface area (TPSA) is 93.7 Å². The van der Waals surface area contributed by atoms with Crippen molar-refractivity contribution in [3.8, 4) is 11.5 Å². The third-order valence-electron chi connectivity index (χ3n) is 4.97. The van der Waals surface area contributed by atoms with Crippen LogP contribution in [-0.2, 0) is 10.0 Å². The van der Waals surface area contributed by atoms with E-state index in [1.807, 2.05) is 32.0 Å². The molecule has 1 aliphatic rings. The zero-order valence-electron chi connectivity index (χ0n) is 17.1. The highest BCUT2D eigenvalue weighted by atomic mass is 32.2. The van der Waals surface area contributed by atoms with Crippen LogP contribution in [0.15, 0.2) is 65.6 Å². The van der Waals surface area contributed by atoms with E-state index >= 15 is 0 Å². The first kappa shape index (κ1) is 20.7. The van der Waals surface area contributed by atoms with Gasteiger partial charge in [-0.2, -0.15) is 0 Å². The molecule has 7 nitrogen and oxygen atoms in total. The van der Waals surface area contributed by atoms with E-state index in [4.69, 9.17) is 9.47 Å². The first-order valence-electron chi connectivity index (χ1n) is 9.73. The minimum absolute atomic E-state index is 0.0433. The number of benzene rings is 3. The summed E-state index contributed by atoms with van der Waals surface area (Å²) in [6.45, 7) is 4.76. The van der Waals surface area contributed by atoms with Gasteiger partial charge in [0.05, 0.1) is 4.90 Å². The summed E-state index contributed by atoms with van der Waals surface area (Å²) in [5.41, 5.74) is 3.49. The highest BCUT2D eigenvalue weighted by Gasteiger charge is 2.20. The second kappa shape index (κ2) is 8.31. The van der Waals surface area contributed by atoms with Crippen molar-refractivity contribution < 1.29 is 22.7 Å². The molecule has 0 saturated heterocycles. The fourth-order valence-electron chi connectivity index (χ4n) is 3.15. The van der Waals surface area contributed by atoms with E-state index in [-0.39, 0.29) is 16.5 Å². The van der Waals surface area contributed by atoms with Crippen LogP contribution in [0.4, 0.5) is 11.4 Å². The van der Waals surface area contributed by atoms with Gasteiger partial charge >= 0.3 is 0 Å². The van der Waals surface area contributed by atoms with E-state index in [1.54, 1.807) is 24.3 Å². The van der Waals surface area contributed by atoms with E-state index in [0.717, 1.165) is 11.1 Å². The molecular formula is C23H22N2O5S. The van der Waals surface area contributed by atoms with Gasteiger partial charge in [-0.15, -0.1) is 0 Å². The van der Waals surface area contributed by atoms with Gasteiger partial charge in [0.25, 0.3) is 15.9 Å². The number of sulfonamides is 1. The number of hydrogen-bond acceptors (Lipinski definition) is 5. The minimum Gasteiger partial charge on any atom is -0.486 e. The lowest BCUT2D eigenvalue weighted by Crippen LogP contribution is -2.17. The highest BCUT2D eigenvalue weighted by molar-refractivity contribution is 7.92. The van der Waals surface area contributed by atoms with Crippen LogP contribution in [0.5, 0.6) is 11.5 Å². The molecule has 3 aromatic carbocycles. The lowest BCUT2D eigenvalue weighted by molar-refractivity contribution is 0.102. The second-order valence-electron chi connectivity index (χ2n) is 7.24. The summed E-state index contributed by atoms with van der Waals surface area (Å²) >= 11 is 0. The lowest BCUT2D eigenvalue weighted by atomic mass is 10.1. The van der Waals surface area contributed by atoms with Gasteiger partial charge in [0.15, 0.2) is 11.5 Å². The minimum atomic E-state index is -3.88.